The van der Waals surface area contributed by atoms with Gasteiger partial charge in [-0.3, -0.25) is 4.79 Å². The normalized spacial score (nSPS) is 22.3. The summed E-state index contributed by atoms with van der Waals surface area (Å²) in [5, 5.41) is 21.0. The zero-order valence-electron chi connectivity index (χ0n) is 14.7. The number of aliphatic hydroxyl groups is 1. The Hall–Kier alpha value is -2.49. The SMILES string of the molecule is COCc1cn(C[C@H]2OC[C@H](O)[C@H]2NC(=O)c2ccc(OC)cc2)nn1. The van der Waals surface area contributed by atoms with Crippen molar-refractivity contribution in [2.45, 2.75) is 31.4 Å². The number of hydrogen-bond donors (Lipinski definition) is 2. The summed E-state index contributed by atoms with van der Waals surface area (Å²) in [6, 6.07) is 6.21. The first-order valence-electron chi connectivity index (χ1n) is 8.23. The molecule has 3 atom stereocenters. The number of carbonyl (C=O) groups is 1. The highest BCUT2D eigenvalue weighted by atomic mass is 16.5. The predicted molar refractivity (Wildman–Crippen MR) is 90.7 cm³/mol. The average Bonchev–Trinajstić information content (AvgIpc) is 3.23. The summed E-state index contributed by atoms with van der Waals surface area (Å²) in [7, 11) is 3.15. The Morgan fingerprint density at radius 2 is 2.15 bits per heavy atom. The third kappa shape index (κ3) is 4.18. The van der Waals surface area contributed by atoms with Gasteiger partial charge in [0.2, 0.25) is 0 Å². The molecule has 9 nitrogen and oxygen atoms in total. The van der Waals surface area contributed by atoms with Crippen molar-refractivity contribution in [1.29, 1.82) is 0 Å². The van der Waals surface area contributed by atoms with Crippen molar-refractivity contribution in [2.75, 3.05) is 20.8 Å². The molecule has 0 unspecified atom stereocenters. The van der Waals surface area contributed by atoms with Gasteiger partial charge in [0.25, 0.3) is 5.91 Å². The first-order valence-corrected chi connectivity index (χ1v) is 8.23. The number of aliphatic hydroxyl groups excluding tert-OH is 1. The van der Waals surface area contributed by atoms with Crippen molar-refractivity contribution >= 4 is 5.91 Å². The van der Waals surface area contributed by atoms with Crippen molar-refractivity contribution in [3.63, 3.8) is 0 Å². The maximum atomic E-state index is 12.5. The molecule has 2 aromatic rings. The number of methoxy groups -OCH3 is 2. The van der Waals surface area contributed by atoms with E-state index in [0.717, 1.165) is 0 Å². The van der Waals surface area contributed by atoms with E-state index in [1.807, 2.05) is 0 Å². The number of aromatic nitrogens is 3. The van der Waals surface area contributed by atoms with E-state index in [1.54, 1.807) is 49.4 Å². The molecule has 1 amide bonds. The summed E-state index contributed by atoms with van der Waals surface area (Å²) in [6.45, 7) is 0.880. The van der Waals surface area contributed by atoms with E-state index in [-0.39, 0.29) is 12.5 Å². The van der Waals surface area contributed by atoms with E-state index in [4.69, 9.17) is 14.2 Å². The summed E-state index contributed by atoms with van der Waals surface area (Å²) in [5.74, 6) is 0.382. The number of benzene rings is 1. The Bertz CT molecular complexity index is 733. The van der Waals surface area contributed by atoms with Crippen molar-refractivity contribution in [2.24, 2.45) is 0 Å². The summed E-state index contributed by atoms with van der Waals surface area (Å²) >= 11 is 0. The van der Waals surface area contributed by atoms with Gasteiger partial charge in [0.05, 0.1) is 39.1 Å². The first-order chi connectivity index (χ1) is 12.6. The minimum Gasteiger partial charge on any atom is -0.497 e. The van der Waals surface area contributed by atoms with Crippen molar-refractivity contribution in [3.05, 3.63) is 41.7 Å². The van der Waals surface area contributed by atoms with Gasteiger partial charge in [0.1, 0.15) is 23.7 Å². The number of nitrogens with one attached hydrogen (secondary N) is 1. The molecule has 1 fully saturated rings. The minimum atomic E-state index is -0.788. The van der Waals surface area contributed by atoms with Crippen molar-refractivity contribution in [1.82, 2.24) is 20.3 Å². The van der Waals surface area contributed by atoms with E-state index in [1.165, 1.54) is 0 Å². The van der Waals surface area contributed by atoms with Crippen LogP contribution in [0.3, 0.4) is 0 Å². The number of rotatable bonds is 7. The molecule has 1 saturated heterocycles. The Kier molecular flexibility index (Phi) is 5.82. The highest BCUT2D eigenvalue weighted by Crippen LogP contribution is 2.18. The van der Waals surface area contributed by atoms with E-state index >= 15 is 0 Å². The summed E-state index contributed by atoms with van der Waals surface area (Å²) in [4.78, 5) is 12.5. The summed E-state index contributed by atoms with van der Waals surface area (Å²) in [6.07, 6.45) is 0.549. The standard InChI is InChI=1S/C17H22N4O5/c1-24-9-12-7-21(20-19-12)8-15-16(14(22)10-26-15)18-17(23)11-3-5-13(25-2)6-4-11/h3-7,14-16,22H,8-10H2,1-2H3,(H,18,23)/t14-,15+,16+/m0/s1. The molecule has 140 valence electrons. The summed E-state index contributed by atoms with van der Waals surface area (Å²) < 4.78 is 17.3. The van der Waals surface area contributed by atoms with Gasteiger partial charge in [-0.1, -0.05) is 5.21 Å². The zero-order valence-corrected chi connectivity index (χ0v) is 14.7. The Morgan fingerprint density at radius 3 is 2.85 bits per heavy atom. The van der Waals surface area contributed by atoms with E-state index in [2.05, 4.69) is 15.6 Å². The molecule has 0 radical (unpaired) electrons. The second-order valence-electron chi connectivity index (χ2n) is 6.03. The van der Waals surface area contributed by atoms with E-state index < -0.39 is 18.2 Å². The van der Waals surface area contributed by atoms with Gasteiger partial charge in [0, 0.05) is 12.7 Å². The van der Waals surface area contributed by atoms with Gasteiger partial charge < -0.3 is 24.6 Å². The van der Waals surface area contributed by atoms with Crippen LogP contribution in [0.15, 0.2) is 30.5 Å². The second kappa shape index (κ2) is 8.26. The van der Waals surface area contributed by atoms with Gasteiger partial charge in [-0.15, -0.1) is 5.10 Å². The minimum absolute atomic E-state index is 0.151. The number of amides is 1. The molecule has 1 aromatic heterocycles. The molecule has 1 aliphatic heterocycles. The maximum Gasteiger partial charge on any atom is 0.251 e. The fourth-order valence-electron chi connectivity index (χ4n) is 2.84. The summed E-state index contributed by atoms with van der Waals surface area (Å²) in [5.41, 5.74) is 1.18. The molecule has 0 spiro atoms. The Morgan fingerprint density at radius 1 is 1.38 bits per heavy atom. The predicted octanol–water partition coefficient (Wildman–Crippen LogP) is -0.00860. The van der Waals surface area contributed by atoms with Crippen LogP contribution in [0.5, 0.6) is 5.75 Å². The molecule has 1 aliphatic rings. The highest BCUT2D eigenvalue weighted by molar-refractivity contribution is 5.94. The lowest BCUT2D eigenvalue weighted by atomic mass is 10.1. The van der Waals surface area contributed by atoms with Crippen LogP contribution in [0.2, 0.25) is 0 Å². The van der Waals surface area contributed by atoms with Crippen LogP contribution in [-0.4, -0.2) is 65.1 Å². The van der Waals surface area contributed by atoms with Gasteiger partial charge in [0.15, 0.2) is 0 Å². The van der Waals surface area contributed by atoms with E-state index in [9.17, 15) is 9.90 Å². The van der Waals surface area contributed by atoms with Crippen LogP contribution in [0, 0.1) is 0 Å². The second-order valence-corrected chi connectivity index (χ2v) is 6.03. The lowest BCUT2D eigenvalue weighted by molar-refractivity contribution is 0.0711. The lowest BCUT2D eigenvalue weighted by Crippen LogP contribution is -2.48. The third-order valence-corrected chi connectivity index (χ3v) is 4.19. The molecule has 0 aliphatic carbocycles. The lowest BCUT2D eigenvalue weighted by Gasteiger charge is -2.21. The van der Waals surface area contributed by atoms with Gasteiger partial charge in [-0.25, -0.2) is 4.68 Å². The van der Waals surface area contributed by atoms with Gasteiger partial charge >= 0.3 is 0 Å². The van der Waals surface area contributed by atoms with Crippen LogP contribution < -0.4 is 10.1 Å². The molecule has 26 heavy (non-hydrogen) atoms. The quantitative estimate of drug-likeness (QED) is 0.713. The molecule has 1 aromatic carbocycles. The van der Waals surface area contributed by atoms with Gasteiger partial charge in [-0.05, 0) is 24.3 Å². The average molecular weight is 362 g/mol. The van der Waals surface area contributed by atoms with Crippen LogP contribution in [0.25, 0.3) is 0 Å². The Balaban J connectivity index is 1.64. The molecular weight excluding hydrogens is 340 g/mol. The topological polar surface area (TPSA) is 108 Å². The number of carbonyl (C=O) groups excluding carboxylic acids is 1. The molecule has 2 N–H and O–H groups in total. The van der Waals surface area contributed by atoms with E-state index in [0.29, 0.717) is 30.2 Å². The van der Waals surface area contributed by atoms with Crippen LogP contribution in [-0.2, 0) is 22.6 Å². The third-order valence-electron chi connectivity index (χ3n) is 4.19. The number of ether oxygens (including phenoxy) is 3. The van der Waals surface area contributed by atoms with Crippen LogP contribution in [0.4, 0.5) is 0 Å². The Labute approximate surface area is 150 Å². The first kappa shape index (κ1) is 18.3. The fourth-order valence-corrected chi connectivity index (χ4v) is 2.84. The number of nitrogens with zero attached hydrogens (tertiary/aromatic N) is 3. The molecule has 0 saturated carbocycles. The fraction of sp³-hybridized carbons (Fsp3) is 0.471. The monoisotopic (exact) mass is 362 g/mol. The zero-order chi connectivity index (χ0) is 18.5. The molecule has 2 heterocycles. The van der Waals surface area contributed by atoms with Gasteiger partial charge in [-0.2, -0.15) is 0 Å². The maximum absolute atomic E-state index is 12.5. The highest BCUT2D eigenvalue weighted by Gasteiger charge is 2.37. The van der Waals surface area contributed by atoms with Crippen molar-refractivity contribution in [3.8, 4) is 5.75 Å². The number of hydrogen-bond acceptors (Lipinski definition) is 7. The molecular formula is C17H22N4O5. The molecule has 3 rings (SSSR count). The van der Waals surface area contributed by atoms with Crippen molar-refractivity contribution < 1.29 is 24.1 Å². The molecule has 0 bridgehead atoms. The van der Waals surface area contributed by atoms with Crippen LogP contribution >= 0.6 is 0 Å². The molecule has 9 heteroatoms. The largest absolute Gasteiger partial charge is 0.497 e. The van der Waals surface area contributed by atoms with Crippen LogP contribution in [0.1, 0.15) is 16.1 Å². The smallest absolute Gasteiger partial charge is 0.251 e.